The van der Waals surface area contributed by atoms with Crippen molar-refractivity contribution >= 4 is 23.1 Å². The number of nitrogens with one attached hydrogen (secondary N) is 1. The number of hydrogen-bond acceptors (Lipinski definition) is 3. The van der Waals surface area contributed by atoms with Crippen LogP contribution in [0.5, 0.6) is 0 Å². The average Bonchev–Trinajstić information content (AvgIpc) is 2.48. The molecule has 114 valence electrons. The number of benzene rings is 1. The lowest BCUT2D eigenvalue weighted by Gasteiger charge is -2.31. The molecular weight excluding hydrogens is 289 g/mol. The zero-order valence-electron chi connectivity index (χ0n) is 12.1. The molecule has 1 aromatic rings. The molecule has 6 heteroatoms. The number of carbonyl (C=O) groups is 1. The molecule has 0 aliphatic carbocycles. The summed E-state index contributed by atoms with van der Waals surface area (Å²) in [7, 11) is 1.65. The largest absolute Gasteiger partial charge is 0.389 e. The maximum absolute atomic E-state index is 14.3. The topological polar surface area (TPSA) is 58.4 Å². The van der Waals surface area contributed by atoms with Crippen molar-refractivity contribution in [3.63, 3.8) is 0 Å². The molecule has 1 unspecified atom stereocenters. The Bertz CT molecular complexity index is 550. The summed E-state index contributed by atoms with van der Waals surface area (Å²) in [5.41, 5.74) is 6.37. The Balaban J connectivity index is 2.09. The lowest BCUT2D eigenvalue weighted by atomic mass is 9.96. The Morgan fingerprint density at radius 2 is 2.33 bits per heavy atom. The van der Waals surface area contributed by atoms with E-state index in [0.29, 0.717) is 18.7 Å². The van der Waals surface area contributed by atoms with Crippen molar-refractivity contribution in [2.24, 2.45) is 11.7 Å². The van der Waals surface area contributed by atoms with E-state index in [9.17, 15) is 9.18 Å². The lowest BCUT2D eigenvalue weighted by molar-refractivity contribution is -0.126. The van der Waals surface area contributed by atoms with Gasteiger partial charge in [0, 0.05) is 31.3 Å². The third kappa shape index (κ3) is 3.77. The van der Waals surface area contributed by atoms with Crippen LogP contribution in [0.1, 0.15) is 24.0 Å². The minimum Gasteiger partial charge on any atom is -0.389 e. The highest BCUT2D eigenvalue weighted by Gasteiger charge is 2.25. The van der Waals surface area contributed by atoms with E-state index in [4.69, 9.17) is 18.0 Å². The summed E-state index contributed by atoms with van der Waals surface area (Å²) >= 11 is 4.85. The van der Waals surface area contributed by atoms with Crippen LogP contribution >= 0.6 is 12.2 Å². The van der Waals surface area contributed by atoms with Crippen molar-refractivity contribution in [3.05, 3.63) is 35.1 Å². The normalized spacial score (nSPS) is 19.2. The Labute approximate surface area is 129 Å². The first kappa shape index (κ1) is 15.9. The summed E-state index contributed by atoms with van der Waals surface area (Å²) in [5.74, 6) is -0.324. The second kappa shape index (κ2) is 6.95. The van der Waals surface area contributed by atoms with Gasteiger partial charge in [0.05, 0.1) is 5.92 Å². The highest BCUT2D eigenvalue weighted by Crippen LogP contribution is 2.21. The predicted octanol–water partition coefficient (Wildman–Crippen LogP) is 1.42. The molecule has 1 aliphatic rings. The molecule has 1 heterocycles. The van der Waals surface area contributed by atoms with E-state index in [2.05, 4.69) is 10.2 Å². The van der Waals surface area contributed by atoms with E-state index in [1.807, 2.05) is 0 Å². The van der Waals surface area contributed by atoms with Gasteiger partial charge in [0.25, 0.3) is 0 Å². The number of amides is 1. The van der Waals surface area contributed by atoms with Crippen LogP contribution < -0.4 is 11.1 Å². The molecular formula is C15H20FN3OS. The minimum absolute atomic E-state index is 0.0226. The van der Waals surface area contributed by atoms with Crippen molar-refractivity contribution in [2.75, 3.05) is 20.1 Å². The lowest BCUT2D eigenvalue weighted by Crippen LogP contribution is -2.41. The zero-order valence-corrected chi connectivity index (χ0v) is 12.9. The summed E-state index contributed by atoms with van der Waals surface area (Å²) < 4.78 is 14.3. The van der Waals surface area contributed by atoms with E-state index in [0.717, 1.165) is 19.4 Å². The Hall–Kier alpha value is -1.53. The molecule has 0 spiro atoms. The number of halogens is 1. The number of carbonyl (C=O) groups excluding carboxylic acids is 1. The Morgan fingerprint density at radius 3 is 3.00 bits per heavy atom. The molecule has 0 saturated carbocycles. The predicted molar refractivity (Wildman–Crippen MR) is 84.4 cm³/mol. The van der Waals surface area contributed by atoms with Crippen molar-refractivity contribution in [1.82, 2.24) is 10.2 Å². The van der Waals surface area contributed by atoms with E-state index >= 15 is 0 Å². The molecule has 3 N–H and O–H groups in total. The van der Waals surface area contributed by atoms with Crippen LogP contribution in [0.15, 0.2) is 18.2 Å². The molecule has 0 aromatic heterocycles. The monoisotopic (exact) mass is 309 g/mol. The van der Waals surface area contributed by atoms with Crippen molar-refractivity contribution in [1.29, 1.82) is 0 Å². The summed E-state index contributed by atoms with van der Waals surface area (Å²) in [5, 5.41) is 2.68. The fraction of sp³-hybridized carbons (Fsp3) is 0.467. The third-order valence-corrected chi connectivity index (χ3v) is 4.08. The molecule has 1 aliphatic heterocycles. The van der Waals surface area contributed by atoms with Crippen molar-refractivity contribution in [3.8, 4) is 0 Å². The van der Waals surface area contributed by atoms with Crippen LogP contribution in [0.4, 0.5) is 4.39 Å². The highest BCUT2D eigenvalue weighted by atomic mass is 32.1. The van der Waals surface area contributed by atoms with Gasteiger partial charge in [-0.25, -0.2) is 4.39 Å². The molecule has 1 fully saturated rings. The molecule has 0 radical (unpaired) electrons. The highest BCUT2D eigenvalue weighted by molar-refractivity contribution is 7.80. The van der Waals surface area contributed by atoms with Crippen molar-refractivity contribution < 1.29 is 9.18 Å². The first-order valence-corrected chi connectivity index (χ1v) is 7.45. The first-order chi connectivity index (χ1) is 10.0. The van der Waals surface area contributed by atoms with Crippen LogP contribution in [0, 0.1) is 11.7 Å². The number of likely N-dealkylation sites (tertiary alicyclic amines) is 1. The maximum atomic E-state index is 14.3. The molecule has 1 saturated heterocycles. The van der Waals surface area contributed by atoms with Gasteiger partial charge in [-0.1, -0.05) is 24.4 Å². The molecule has 1 aromatic carbocycles. The van der Waals surface area contributed by atoms with Gasteiger partial charge in [-0.15, -0.1) is 0 Å². The number of piperidine rings is 1. The van der Waals surface area contributed by atoms with Gasteiger partial charge in [-0.3, -0.25) is 9.69 Å². The summed E-state index contributed by atoms with van der Waals surface area (Å²) in [4.78, 5) is 13.9. The molecule has 21 heavy (non-hydrogen) atoms. The Morgan fingerprint density at radius 1 is 1.57 bits per heavy atom. The zero-order chi connectivity index (χ0) is 15.4. The quantitative estimate of drug-likeness (QED) is 0.826. The number of nitrogens with zero attached hydrogens (tertiary/aromatic N) is 1. The van der Waals surface area contributed by atoms with Gasteiger partial charge in [0.2, 0.25) is 5.91 Å². The van der Waals surface area contributed by atoms with Crippen LogP contribution in [-0.4, -0.2) is 35.9 Å². The van der Waals surface area contributed by atoms with Crippen LogP contribution in [0.3, 0.4) is 0 Å². The molecule has 2 rings (SSSR count). The van der Waals surface area contributed by atoms with Crippen molar-refractivity contribution in [2.45, 2.75) is 19.4 Å². The van der Waals surface area contributed by atoms with Crippen LogP contribution in [0.2, 0.25) is 0 Å². The SMILES string of the molecule is CNC(=O)C1CCCN(Cc2cccc(C(N)=S)c2F)C1. The fourth-order valence-electron chi connectivity index (χ4n) is 2.75. The summed E-state index contributed by atoms with van der Waals surface area (Å²) in [6.45, 7) is 1.98. The van der Waals surface area contributed by atoms with E-state index in [1.54, 1.807) is 25.2 Å². The third-order valence-electron chi connectivity index (χ3n) is 3.86. The fourth-order valence-corrected chi connectivity index (χ4v) is 2.91. The molecule has 4 nitrogen and oxygen atoms in total. The van der Waals surface area contributed by atoms with E-state index < -0.39 is 0 Å². The smallest absolute Gasteiger partial charge is 0.224 e. The number of thiocarbonyl (C=S) groups is 1. The number of nitrogens with two attached hydrogens (primary N) is 1. The summed E-state index contributed by atoms with van der Waals surface area (Å²) in [6.07, 6.45) is 1.82. The van der Waals surface area contributed by atoms with Gasteiger partial charge < -0.3 is 11.1 Å². The van der Waals surface area contributed by atoms with Gasteiger partial charge in [-0.2, -0.15) is 0 Å². The first-order valence-electron chi connectivity index (χ1n) is 7.04. The molecule has 0 bridgehead atoms. The standard InChI is InChI=1S/C15H20FN3OS/c1-18-15(20)11-5-3-7-19(9-11)8-10-4-2-6-12(13(10)16)14(17)21/h2,4,6,11H,3,5,7-9H2,1H3,(H2,17,21)(H,18,20). The summed E-state index contributed by atoms with van der Waals surface area (Å²) in [6, 6.07) is 5.08. The van der Waals surface area contributed by atoms with E-state index in [1.165, 1.54) is 0 Å². The minimum atomic E-state index is -0.355. The molecule has 1 atom stereocenters. The maximum Gasteiger partial charge on any atom is 0.224 e. The average molecular weight is 309 g/mol. The second-order valence-electron chi connectivity index (χ2n) is 5.33. The van der Waals surface area contributed by atoms with Gasteiger partial charge >= 0.3 is 0 Å². The second-order valence-corrected chi connectivity index (χ2v) is 5.77. The van der Waals surface area contributed by atoms with Crippen LogP contribution in [-0.2, 0) is 11.3 Å². The van der Waals surface area contributed by atoms with Gasteiger partial charge in [-0.05, 0) is 25.5 Å². The Kier molecular flexibility index (Phi) is 5.25. The van der Waals surface area contributed by atoms with Gasteiger partial charge in [0.15, 0.2) is 0 Å². The van der Waals surface area contributed by atoms with Gasteiger partial charge in [0.1, 0.15) is 10.8 Å². The number of hydrogen-bond donors (Lipinski definition) is 2. The van der Waals surface area contributed by atoms with E-state index in [-0.39, 0.29) is 28.2 Å². The van der Waals surface area contributed by atoms with Crippen LogP contribution in [0.25, 0.3) is 0 Å². The number of rotatable bonds is 4. The molecule has 1 amide bonds.